The van der Waals surface area contributed by atoms with Gasteiger partial charge in [-0.2, -0.15) is 0 Å². The van der Waals surface area contributed by atoms with E-state index in [1.165, 1.54) is 0 Å². The first-order valence-electron chi connectivity index (χ1n) is 16.5. The van der Waals surface area contributed by atoms with Crippen molar-refractivity contribution in [3.8, 4) is 17.2 Å². The predicted octanol–water partition coefficient (Wildman–Crippen LogP) is 9.40. The first-order valence-corrected chi connectivity index (χ1v) is 16.5. The van der Waals surface area contributed by atoms with Gasteiger partial charge in [-0.15, -0.1) is 0 Å². The topological polar surface area (TPSA) is 71.3 Å². The van der Waals surface area contributed by atoms with E-state index in [0.717, 1.165) is 27.8 Å². The van der Waals surface area contributed by atoms with Crippen LogP contribution in [-0.2, 0) is 22.9 Å². The van der Waals surface area contributed by atoms with Crippen molar-refractivity contribution in [3.05, 3.63) is 123 Å². The fourth-order valence-corrected chi connectivity index (χ4v) is 6.14. The molecule has 4 aromatic rings. The van der Waals surface area contributed by atoms with Gasteiger partial charge < -0.3 is 19.7 Å². The molecule has 0 saturated heterocycles. The lowest BCUT2D eigenvalue weighted by molar-refractivity contribution is 0.0475. The molecule has 0 aliphatic heterocycles. The van der Waals surface area contributed by atoms with Crippen molar-refractivity contribution in [2.24, 2.45) is 4.99 Å². The van der Waals surface area contributed by atoms with Gasteiger partial charge in [0.15, 0.2) is 0 Å². The van der Waals surface area contributed by atoms with E-state index >= 15 is 0 Å². The van der Waals surface area contributed by atoms with Crippen LogP contribution in [0.4, 0.5) is 0 Å². The molecule has 0 heterocycles. The van der Waals surface area contributed by atoms with Crippen molar-refractivity contribution in [2.45, 2.75) is 97.1 Å². The van der Waals surface area contributed by atoms with Gasteiger partial charge in [-0.25, -0.2) is 0 Å². The Labute approximate surface area is 282 Å². The molecule has 250 valence electrons. The molecule has 0 aromatic heterocycles. The molecule has 0 saturated carbocycles. The van der Waals surface area contributed by atoms with Gasteiger partial charge in [0.2, 0.25) is 0 Å². The number of hydrogen-bond acceptors (Lipinski definition) is 5. The van der Waals surface area contributed by atoms with Crippen molar-refractivity contribution in [1.29, 1.82) is 0 Å². The highest BCUT2D eigenvalue weighted by Crippen LogP contribution is 2.47. The molecule has 47 heavy (non-hydrogen) atoms. The van der Waals surface area contributed by atoms with Gasteiger partial charge in [-0.05, 0) is 88.2 Å². The molecule has 5 heteroatoms. The number of benzene rings is 4. The van der Waals surface area contributed by atoms with Gasteiger partial charge in [-0.1, -0.05) is 104 Å². The second-order valence-electron chi connectivity index (χ2n) is 15.0. The molecule has 0 amide bonds. The van der Waals surface area contributed by atoms with Crippen molar-refractivity contribution < 1.29 is 19.7 Å². The number of phenolic OH excluding ortho intramolecular Hbond substituents is 1. The van der Waals surface area contributed by atoms with Gasteiger partial charge in [0.25, 0.3) is 0 Å². The van der Waals surface area contributed by atoms with Gasteiger partial charge >= 0.3 is 0 Å². The van der Waals surface area contributed by atoms with Crippen molar-refractivity contribution in [2.75, 3.05) is 14.2 Å². The summed E-state index contributed by atoms with van der Waals surface area (Å²) in [6.45, 7) is 19.1. The summed E-state index contributed by atoms with van der Waals surface area (Å²) in [6, 6.07) is 25.4. The zero-order valence-electron chi connectivity index (χ0n) is 30.1. The number of aromatic hydroxyl groups is 1. The highest BCUT2D eigenvalue weighted by atomic mass is 16.5. The number of rotatable bonds is 10. The lowest BCUT2D eigenvalue weighted by atomic mass is 9.73. The molecule has 5 nitrogen and oxygen atoms in total. The van der Waals surface area contributed by atoms with E-state index in [9.17, 15) is 10.2 Å². The number of aliphatic hydroxyl groups is 1. The van der Waals surface area contributed by atoms with Crippen molar-refractivity contribution in [1.82, 2.24) is 0 Å². The van der Waals surface area contributed by atoms with Crippen LogP contribution in [0, 0.1) is 6.92 Å². The lowest BCUT2D eigenvalue weighted by Crippen LogP contribution is -2.42. The summed E-state index contributed by atoms with van der Waals surface area (Å²) in [6.07, 6.45) is 2.12. The second-order valence-corrected chi connectivity index (χ2v) is 15.0. The van der Waals surface area contributed by atoms with Gasteiger partial charge in [0.1, 0.15) is 22.8 Å². The maximum atomic E-state index is 13.7. The molecule has 1 unspecified atom stereocenters. The molecule has 2 N–H and O–H groups in total. The Balaban J connectivity index is 2.13. The average molecular weight is 636 g/mol. The van der Waals surface area contributed by atoms with Crippen molar-refractivity contribution >= 4 is 6.21 Å². The van der Waals surface area contributed by atoms with Crippen molar-refractivity contribution in [3.63, 3.8) is 0 Å². The normalized spacial score (nSPS) is 13.3. The Morgan fingerprint density at radius 1 is 0.745 bits per heavy atom. The minimum absolute atomic E-state index is 0.132. The van der Waals surface area contributed by atoms with Crippen LogP contribution in [0.1, 0.15) is 106 Å². The van der Waals surface area contributed by atoms with E-state index in [4.69, 9.17) is 14.5 Å². The van der Waals surface area contributed by atoms with Gasteiger partial charge in [0.05, 0.1) is 20.3 Å². The summed E-state index contributed by atoms with van der Waals surface area (Å²) < 4.78 is 12.0. The number of phenols is 1. The minimum atomic E-state index is -1.72. The number of aliphatic imine (C=N–C) groups is 1. The Morgan fingerprint density at radius 2 is 1.26 bits per heavy atom. The maximum absolute atomic E-state index is 13.7. The average Bonchev–Trinajstić information content (AvgIpc) is 3.02. The standard InChI is InChI=1S/C42H53NO4/c1-27(2)33-22-28(3)21-30(39(33)44)26-43-38(23-29-15-13-12-14-16-29)42(45,34-24-31(40(4,5)6)17-19-36(34)46-10)35-25-32(41(7,8)9)18-20-37(35)47-11/h12-22,24-27,38,44-45H,23H2,1-11H3. The molecule has 0 spiro atoms. The highest BCUT2D eigenvalue weighted by Gasteiger charge is 2.45. The molecule has 0 aliphatic carbocycles. The Hall–Kier alpha value is -4.09. The summed E-state index contributed by atoms with van der Waals surface area (Å²) in [5, 5.41) is 25.0. The zero-order chi connectivity index (χ0) is 34.7. The number of hydrogen-bond donors (Lipinski definition) is 2. The van der Waals surface area contributed by atoms with E-state index in [-0.39, 0.29) is 22.5 Å². The third-order valence-electron chi connectivity index (χ3n) is 9.04. The molecule has 0 bridgehead atoms. The first-order chi connectivity index (χ1) is 22.0. The Morgan fingerprint density at radius 3 is 1.70 bits per heavy atom. The third kappa shape index (κ3) is 7.73. The third-order valence-corrected chi connectivity index (χ3v) is 9.04. The van der Waals surface area contributed by atoms with Crippen LogP contribution in [0.5, 0.6) is 17.2 Å². The molecule has 0 radical (unpaired) electrons. The molecule has 4 aromatic carbocycles. The Kier molecular flexibility index (Phi) is 10.6. The minimum Gasteiger partial charge on any atom is -0.507 e. The maximum Gasteiger partial charge on any atom is 0.144 e. The number of methoxy groups -OCH3 is 2. The second kappa shape index (κ2) is 13.9. The molecular weight excluding hydrogens is 582 g/mol. The van der Waals surface area contributed by atoms with E-state index < -0.39 is 11.6 Å². The van der Waals surface area contributed by atoms with Crippen LogP contribution < -0.4 is 9.47 Å². The summed E-state index contributed by atoms with van der Waals surface area (Å²) in [5.74, 6) is 1.44. The number of ether oxygens (including phenoxy) is 2. The summed E-state index contributed by atoms with van der Waals surface area (Å²) in [5.41, 5.74) is 4.72. The molecule has 4 rings (SSSR count). The number of aryl methyl sites for hydroxylation is 1. The first kappa shape index (κ1) is 35.8. The molecular formula is C42H53NO4. The largest absolute Gasteiger partial charge is 0.507 e. The van der Waals surface area contributed by atoms with Gasteiger partial charge in [-0.3, -0.25) is 4.99 Å². The summed E-state index contributed by atoms with van der Waals surface area (Å²) in [7, 11) is 3.26. The van der Waals surface area contributed by atoms with E-state index in [1.807, 2.05) is 49.4 Å². The quantitative estimate of drug-likeness (QED) is 0.170. The molecule has 0 fully saturated rings. The van der Waals surface area contributed by atoms with Crippen LogP contribution >= 0.6 is 0 Å². The Bertz CT molecular complexity index is 1640. The predicted molar refractivity (Wildman–Crippen MR) is 195 cm³/mol. The lowest BCUT2D eigenvalue weighted by Gasteiger charge is -2.38. The van der Waals surface area contributed by atoms with E-state index in [0.29, 0.717) is 34.6 Å². The molecule has 1 atom stereocenters. The SMILES string of the molecule is COc1ccc(C(C)(C)C)cc1C(O)(c1cc(C(C)(C)C)ccc1OC)C(Cc1ccccc1)N=Cc1cc(C)cc(C(C)C)c1O. The highest BCUT2D eigenvalue weighted by molar-refractivity contribution is 5.85. The van der Waals surface area contributed by atoms with Crippen LogP contribution in [0.25, 0.3) is 0 Å². The monoisotopic (exact) mass is 635 g/mol. The van der Waals surface area contributed by atoms with Crippen LogP contribution in [0.15, 0.2) is 83.9 Å². The smallest absolute Gasteiger partial charge is 0.144 e. The fourth-order valence-electron chi connectivity index (χ4n) is 6.14. The van der Waals surface area contributed by atoms with Crippen LogP contribution in [0.3, 0.4) is 0 Å². The summed E-state index contributed by atoms with van der Waals surface area (Å²) in [4.78, 5) is 5.20. The zero-order valence-corrected chi connectivity index (χ0v) is 30.1. The number of nitrogens with zero attached hydrogens (tertiary/aromatic N) is 1. The molecule has 0 aliphatic rings. The fraction of sp³-hybridized carbons (Fsp3) is 0.405. The summed E-state index contributed by atoms with van der Waals surface area (Å²) >= 11 is 0. The van der Waals surface area contributed by atoms with E-state index in [2.05, 4.69) is 91.8 Å². The van der Waals surface area contributed by atoms with Crippen LogP contribution in [0.2, 0.25) is 0 Å². The van der Waals surface area contributed by atoms with Crippen LogP contribution in [-0.4, -0.2) is 36.7 Å². The van der Waals surface area contributed by atoms with Gasteiger partial charge in [0, 0.05) is 22.9 Å². The van der Waals surface area contributed by atoms with E-state index in [1.54, 1.807) is 20.4 Å².